The van der Waals surface area contributed by atoms with E-state index in [4.69, 9.17) is 21.9 Å². The lowest BCUT2D eigenvalue weighted by atomic mass is 10.1. The fraction of sp³-hybridized carbons (Fsp3) is 0.455. The summed E-state index contributed by atoms with van der Waals surface area (Å²) in [5.74, 6) is 0. The maximum atomic E-state index is 11.8. The molecule has 0 saturated carbocycles. The predicted molar refractivity (Wildman–Crippen MR) is 80.3 cm³/mol. The van der Waals surface area contributed by atoms with Gasteiger partial charge < -0.3 is 4.74 Å². The lowest BCUT2D eigenvalue weighted by molar-refractivity contribution is 0.000369. The lowest BCUT2D eigenvalue weighted by Gasteiger charge is -2.18. The molecule has 1 N–H and O–H groups in total. The van der Waals surface area contributed by atoms with Crippen LogP contribution in [0.2, 0.25) is 0 Å². The van der Waals surface area contributed by atoms with Crippen molar-refractivity contribution in [2.75, 3.05) is 0 Å². The van der Waals surface area contributed by atoms with E-state index < -0.39 is 35.0 Å². The van der Waals surface area contributed by atoms with Gasteiger partial charge in [0, 0.05) is 17.5 Å². The van der Waals surface area contributed by atoms with Crippen molar-refractivity contribution >= 4 is 27.5 Å². The molecule has 21 heavy (non-hydrogen) atoms. The Bertz CT molecular complexity index is 711. The van der Waals surface area contributed by atoms with Crippen LogP contribution in [0.4, 0.5) is 0 Å². The van der Waals surface area contributed by atoms with Gasteiger partial charge in [-0.2, -0.15) is 0 Å². The first-order chi connectivity index (χ1) is 9.97. The van der Waals surface area contributed by atoms with Gasteiger partial charge in [-0.1, -0.05) is 11.2 Å². The average molecular weight is 377 g/mol. The van der Waals surface area contributed by atoms with Crippen molar-refractivity contribution in [2.24, 2.45) is 5.11 Å². The number of nitrogens with one attached hydrogen (secondary N) is 1. The van der Waals surface area contributed by atoms with Gasteiger partial charge in [-0.3, -0.25) is 14.3 Å². The molecule has 8 nitrogen and oxygen atoms in total. The highest BCUT2D eigenvalue weighted by Gasteiger charge is 2.39. The van der Waals surface area contributed by atoms with Crippen LogP contribution in [0, 0.1) is 0 Å². The minimum absolute atomic E-state index is 0.195. The number of H-pyrrole nitrogens is 1. The van der Waals surface area contributed by atoms with Gasteiger partial charge in [-0.15, -0.1) is 18.2 Å². The van der Waals surface area contributed by atoms with Crippen molar-refractivity contribution in [3.8, 4) is 0 Å². The molecule has 1 unspecified atom stereocenters. The van der Waals surface area contributed by atoms with E-state index in [1.54, 1.807) is 0 Å². The first-order valence-corrected chi connectivity index (χ1v) is 7.18. The second-order valence-corrected chi connectivity index (χ2v) is 5.75. The number of halogens is 2. The third kappa shape index (κ3) is 3.21. The Morgan fingerprint density at radius 3 is 3.05 bits per heavy atom. The molecule has 2 heterocycles. The Labute approximate surface area is 132 Å². The molecule has 1 aliphatic heterocycles. The quantitative estimate of drug-likeness (QED) is 0.285. The summed E-state index contributed by atoms with van der Waals surface area (Å²) in [5, 5.41) is 3.08. The molecule has 0 bridgehead atoms. The summed E-state index contributed by atoms with van der Waals surface area (Å²) in [6.45, 7) is 3.57. The Kier molecular flexibility index (Phi) is 4.89. The van der Waals surface area contributed by atoms with Crippen LogP contribution >= 0.6 is 27.5 Å². The van der Waals surface area contributed by atoms with Crippen LogP contribution in [0.1, 0.15) is 12.6 Å². The summed E-state index contributed by atoms with van der Waals surface area (Å²) in [6.07, 6.45) is 1.79. The zero-order chi connectivity index (χ0) is 15.6. The highest BCUT2D eigenvalue weighted by molar-refractivity contribution is 9.10. The van der Waals surface area contributed by atoms with Crippen LogP contribution < -0.4 is 11.2 Å². The molecular formula is C11H11BrClN5O3. The molecule has 0 aromatic carbocycles. The van der Waals surface area contributed by atoms with Crippen LogP contribution in [-0.4, -0.2) is 27.1 Å². The molecular weight excluding hydrogens is 366 g/mol. The number of azide groups is 1. The Hall–Kier alpha value is -1.54. The summed E-state index contributed by atoms with van der Waals surface area (Å²) in [4.78, 5) is 28.1. The van der Waals surface area contributed by atoms with E-state index in [9.17, 15) is 9.59 Å². The zero-order valence-corrected chi connectivity index (χ0v) is 13.0. The summed E-state index contributed by atoms with van der Waals surface area (Å²) < 4.78 is 7.11. The predicted octanol–water partition coefficient (Wildman–Crippen LogP) is 2.06. The number of aromatic amines is 1. The van der Waals surface area contributed by atoms with Crippen molar-refractivity contribution in [3.05, 3.63) is 54.6 Å². The second-order valence-electron chi connectivity index (χ2n) is 4.39. The van der Waals surface area contributed by atoms with Crippen molar-refractivity contribution in [1.82, 2.24) is 9.55 Å². The first-order valence-electron chi connectivity index (χ1n) is 5.95. The molecule has 2 rings (SSSR count). The summed E-state index contributed by atoms with van der Waals surface area (Å²) >= 11 is 9.12. The molecule has 1 aliphatic rings. The monoisotopic (exact) mass is 375 g/mol. The first kappa shape index (κ1) is 15.8. The molecule has 0 amide bonds. The molecule has 1 saturated heterocycles. The largest absolute Gasteiger partial charge is 0.352 e. The van der Waals surface area contributed by atoms with E-state index in [1.807, 2.05) is 0 Å². The van der Waals surface area contributed by atoms with E-state index in [0.717, 1.165) is 0 Å². The van der Waals surface area contributed by atoms with Crippen molar-refractivity contribution in [2.45, 2.75) is 30.2 Å². The number of ether oxygens (including phenoxy) is 1. The second kappa shape index (κ2) is 6.48. The number of aromatic nitrogens is 2. The molecule has 4 atom stereocenters. The Balaban J connectivity index is 2.37. The third-order valence-corrected chi connectivity index (χ3v) is 4.10. The summed E-state index contributed by atoms with van der Waals surface area (Å²) in [5.41, 5.74) is 7.46. The van der Waals surface area contributed by atoms with Gasteiger partial charge in [-0.25, -0.2) is 4.79 Å². The fourth-order valence-electron chi connectivity index (χ4n) is 2.12. The number of alkyl halides is 1. The van der Waals surface area contributed by atoms with Gasteiger partial charge in [-0.05, 0) is 21.5 Å². The van der Waals surface area contributed by atoms with Crippen LogP contribution in [0.5, 0.6) is 0 Å². The number of rotatable bonds is 4. The van der Waals surface area contributed by atoms with E-state index in [1.165, 1.54) is 16.8 Å². The van der Waals surface area contributed by atoms with Crippen molar-refractivity contribution in [1.29, 1.82) is 0 Å². The molecule has 1 aromatic rings. The molecule has 112 valence electrons. The SMILES string of the molecule is C=CC(Cl)[C@H]1O[C@@H](n2cc(Br)c(=O)[nH]c2=O)C[C@@H]1N=[N+]=[N-]. The fourth-order valence-corrected chi connectivity index (χ4v) is 2.67. The Morgan fingerprint density at radius 2 is 2.43 bits per heavy atom. The minimum Gasteiger partial charge on any atom is -0.352 e. The van der Waals surface area contributed by atoms with E-state index in [2.05, 4.69) is 37.5 Å². The van der Waals surface area contributed by atoms with E-state index >= 15 is 0 Å². The molecule has 0 spiro atoms. The maximum Gasteiger partial charge on any atom is 0.330 e. The number of nitrogens with zero attached hydrogens (tertiary/aromatic N) is 4. The van der Waals surface area contributed by atoms with Crippen molar-refractivity contribution < 1.29 is 4.74 Å². The molecule has 1 aromatic heterocycles. The number of hydrogen-bond donors (Lipinski definition) is 1. The summed E-state index contributed by atoms with van der Waals surface area (Å²) in [6, 6.07) is -0.530. The van der Waals surface area contributed by atoms with E-state index in [0.29, 0.717) is 0 Å². The molecule has 0 aliphatic carbocycles. The normalized spacial score (nSPS) is 26.1. The van der Waals surface area contributed by atoms with Crippen molar-refractivity contribution in [3.63, 3.8) is 0 Å². The minimum atomic E-state index is -0.688. The van der Waals surface area contributed by atoms with Crippen LogP contribution in [0.25, 0.3) is 10.4 Å². The van der Waals surface area contributed by atoms with Gasteiger partial charge in [0.25, 0.3) is 5.56 Å². The van der Waals surface area contributed by atoms with Gasteiger partial charge in [0.15, 0.2) is 0 Å². The average Bonchev–Trinajstić information content (AvgIpc) is 2.86. The van der Waals surface area contributed by atoms with E-state index in [-0.39, 0.29) is 10.9 Å². The van der Waals surface area contributed by atoms with Crippen LogP contribution in [0.3, 0.4) is 0 Å². The highest BCUT2D eigenvalue weighted by atomic mass is 79.9. The topological polar surface area (TPSA) is 113 Å². The van der Waals surface area contributed by atoms with Gasteiger partial charge in [0.1, 0.15) is 6.23 Å². The molecule has 1 fully saturated rings. The highest BCUT2D eigenvalue weighted by Crippen LogP contribution is 2.33. The standard InChI is InChI=1S/C11H11BrClN5O3/c1-2-6(13)9-7(16-17-14)3-8(21-9)18-4-5(12)10(19)15-11(18)20/h2,4,6-9H,1,3H2,(H,15,19,20)/t6?,7-,8+,9+/m0/s1. The maximum absolute atomic E-state index is 11.8. The van der Waals surface area contributed by atoms with Gasteiger partial charge >= 0.3 is 5.69 Å². The van der Waals surface area contributed by atoms with Gasteiger partial charge in [0.05, 0.1) is 22.0 Å². The Morgan fingerprint density at radius 1 is 1.71 bits per heavy atom. The zero-order valence-electron chi connectivity index (χ0n) is 10.6. The lowest BCUT2D eigenvalue weighted by Crippen LogP contribution is -2.33. The smallest absolute Gasteiger partial charge is 0.330 e. The summed E-state index contributed by atoms with van der Waals surface area (Å²) in [7, 11) is 0. The molecule has 10 heteroatoms. The third-order valence-electron chi connectivity index (χ3n) is 3.11. The van der Waals surface area contributed by atoms with Gasteiger partial charge in [0.2, 0.25) is 0 Å². The van der Waals surface area contributed by atoms with Crippen LogP contribution in [-0.2, 0) is 4.74 Å². The molecule has 0 radical (unpaired) electrons. The van der Waals surface area contributed by atoms with Crippen LogP contribution in [0.15, 0.2) is 38.0 Å². The number of hydrogen-bond acceptors (Lipinski definition) is 4.